The van der Waals surface area contributed by atoms with Gasteiger partial charge in [0.15, 0.2) is 0 Å². The van der Waals surface area contributed by atoms with Gasteiger partial charge in [-0.05, 0) is 31.4 Å². The number of hydrogen-bond acceptors (Lipinski definition) is 4. The Kier molecular flexibility index (Phi) is 4.55. The molecule has 1 fully saturated rings. The Morgan fingerprint density at radius 2 is 2.39 bits per heavy atom. The molecule has 0 radical (unpaired) electrons. The standard InChI is InChI=1S/C14H23N3O/c1-11-5-7-17(13(8-11)9-15)10-12-4-3-6-16-14(12)18-2/h3-4,6,11,13H,5,7-10,15H2,1-2H3. The fraction of sp³-hybridized carbons (Fsp3) is 0.643. The number of likely N-dealkylation sites (tertiary alicyclic amines) is 1. The molecule has 2 atom stereocenters. The van der Waals surface area contributed by atoms with Crippen LogP contribution in [0.2, 0.25) is 0 Å². The lowest BCUT2D eigenvalue weighted by Gasteiger charge is -2.38. The van der Waals surface area contributed by atoms with Crippen molar-refractivity contribution in [2.45, 2.75) is 32.4 Å². The van der Waals surface area contributed by atoms with Gasteiger partial charge in [-0.25, -0.2) is 4.98 Å². The summed E-state index contributed by atoms with van der Waals surface area (Å²) in [5, 5.41) is 0. The number of nitrogens with two attached hydrogens (primary N) is 1. The molecule has 1 saturated heterocycles. The molecule has 1 aliphatic rings. The molecule has 0 amide bonds. The third-order valence-electron chi connectivity index (χ3n) is 3.79. The van der Waals surface area contributed by atoms with Crippen LogP contribution >= 0.6 is 0 Å². The van der Waals surface area contributed by atoms with Gasteiger partial charge < -0.3 is 10.5 Å². The average Bonchev–Trinajstić information content (AvgIpc) is 2.41. The lowest BCUT2D eigenvalue weighted by molar-refractivity contribution is 0.114. The van der Waals surface area contributed by atoms with Crippen molar-refractivity contribution in [3.63, 3.8) is 0 Å². The number of methoxy groups -OCH3 is 1. The molecule has 100 valence electrons. The fourth-order valence-electron chi connectivity index (χ4n) is 2.70. The summed E-state index contributed by atoms with van der Waals surface area (Å²) in [5.41, 5.74) is 7.04. The molecule has 1 aliphatic heterocycles. The van der Waals surface area contributed by atoms with E-state index >= 15 is 0 Å². The van der Waals surface area contributed by atoms with Gasteiger partial charge in [-0.15, -0.1) is 0 Å². The second-order valence-electron chi connectivity index (χ2n) is 5.16. The normalized spacial score (nSPS) is 25.1. The number of piperidine rings is 1. The van der Waals surface area contributed by atoms with Gasteiger partial charge in [0.05, 0.1) is 7.11 Å². The Morgan fingerprint density at radius 3 is 3.11 bits per heavy atom. The van der Waals surface area contributed by atoms with Gasteiger partial charge in [0.2, 0.25) is 5.88 Å². The minimum absolute atomic E-state index is 0.485. The summed E-state index contributed by atoms with van der Waals surface area (Å²) in [5.74, 6) is 1.51. The van der Waals surface area contributed by atoms with Crippen molar-refractivity contribution in [2.24, 2.45) is 11.7 Å². The molecular formula is C14H23N3O. The molecule has 1 aromatic rings. The number of ether oxygens (including phenoxy) is 1. The largest absolute Gasteiger partial charge is 0.481 e. The fourth-order valence-corrected chi connectivity index (χ4v) is 2.70. The first kappa shape index (κ1) is 13.3. The molecule has 2 heterocycles. The maximum absolute atomic E-state index is 5.89. The Bertz CT molecular complexity index is 383. The summed E-state index contributed by atoms with van der Waals surface area (Å²) < 4.78 is 5.31. The molecule has 2 rings (SSSR count). The van der Waals surface area contributed by atoms with Crippen LogP contribution in [0.25, 0.3) is 0 Å². The van der Waals surface area contributed by atoms with Crippen LogP contribution in [0.4, 0.5) is 0 Å². The Balaban J connectivity index is 2.07. The molecule has 18 heavy (non-hydrogen) atoms. The van der Waals surface area contributed by atoms with E-state index in [0.29, 0.717) is 6.04 Å². The van der Waals surface area contributed by atoms with Gasteiger partial charge in [-0.3, -0.25) is 4.90 Å². The van der Waals surface area contributed by atoms with Crippen LogP contribution in [-0.4, -0.2) is 36.1 Å². The van der Waals surface area contributed by atoms with Crippen molar-refractivity contribution in [3.8, 4) is 5.88 Å². The van der Waals surface area contributed by atoms with Gasteiger partial charge in [0, 0.05) is 30.9 Å². The van der Waals surface area contributed by atoms with E-state index in [1.54, 1.807) is 13.3 Å². The van der Waals surface area contributed by atoms with Crippen molar-refractivity contribution in [3.05, 3.63) is 23.9 Å². The molecular weight excluding hydrogens is 226 g/mol. The SMILES string of the molecule is COc1ncccc1CN1CCC(C)CC1CN. The summed E-state index contributed by atoms with van der Waals surface area (Å²) in [6.07, 6.45) is 4.21. The van der Waals surface area contributed by atoms with Gasteiger partial charge in [-0.2, -0.15) is 0 Å². The highest BCUT2D eigenvalue weighted by atomic mass is 16.5. The molecule has 0 spiro atoms. The minimum atomic E-state index is 0.485. The summed E-state index contributed by atoms with van der Waals surface area (Å²) in [6.45, 7) is 5.03. The van der Waals surface area contributed by atoms with Crippen LogP contribution in [0.3, 0.4) is 0 Å². The zero-order valence-corrected chi connectivity index (χ0v) is 11.3. The number of rotatable bonds is 4. The Labute approximate surface area is 109 Å². The van der Waals surface area contributed by atoms with Gasteiger partial charge in [0.25, 0.3) is 0 Å². The Morgan fingerprint density at radius 1 is 1.56 bits per heavy atom. The van der Waals surface area contributed by atoms with Gasteiger partial charge in [0.1, 0.15) is 0 Å². The van der Waals surface area contributed by atoms with Crippen LogP contribution in [0.5, 0.6) is 5.88 Å². The quantitative estimate of drug-likeness (QED) is 0.881. The van der Waals surface area contributed by atoms with Crippen molar-refractivity contribution in [2.75, 3.05) is 20.2 Å². The third kappa shape index (κ3) is 3.00. The van der Waals surface area contributed by atoms with E-state index in [1.165, 1.54) is 12.8 Å². The maximum Gasteiger partial charge on any atom is 0.217 e. The van der Waals surface area contributed by atoms with Crippen LogP contribution < -0.4 is 10.5 Å². The molecule has 0 bridgehead atoms. The number of nitrogens with zero attached hydrogens (tertiary/aromatic N) is 2. The van der Waals surface area contributed by atoms with Gasteiger partial charge in [-0.1, -0.05) is 13.0 Å². The second-order valence-corrected chi connectivity index (χ2v) is 5.16. The third-order valence-corrected chi connectivity index (χ3v) is 3.79. The molecule has 4 nitrogen and oxygen atoms in total. The lowest BCUT2D eigenvalue weighted by atomic mass is 9.92. The zero-order chi connectivity index (χ0) is 13.0. The predicted octanol–water partition coefficient (Wildman–Crippen LogP) is 1.65. The van der Waals surface area contributed by atoms with Crippen molar-refractivity contribution in [1.82, 2.24) is 9.88 Å². The molecule has 4 heteroatoms. The van der Waals surface area contributed by atoms with Crippen LogP contribution in [0.15, 0.2) is 18.3 Å². The van der Waals surface area contributed by atoms with E-state index < -0.39 is 0 Å². The topological polar surface area (TPSA) is 51.4 Å². The van der Waals surface area contributed by atoms with Gasteiger partial charge >= 0.3 is 0 Å². The van der Waals surface area contributed by atoms with E-state index in [-0.39, 0.29) is 0 Å². The number of pyridine rings is 1. The van der Waals surface area contributed by atoms with E-state index in [4.69, 9.17) is 10.5 Å². The smallest absolute Gasteiger partial charge is 0.217 e. The molecule has 1 aromatic heterocycles. The first-order chi connectivity index (χ1) is 8.74. The second kappa shape index (κ2) is 6.16. The predicted molar refractivity (Wildman–Crippen MR) is 72.4 cm³/mol. The van der Waals surface area contributed by atoms with Crippen molar-refractivity contribution in [1.29, 1.82) is 0 Å². The highest BCUT2D eigenvalue weighted by Gasteiger charge is 2.25. The van der Waals surface area contributed by atoms with E-state index in [2.05, 4.69) is 22.9 Å². The maximum atomic E-state index is 5.89. The van der Waals surface area contributed by atoms with Crippen molar-refractivity contribution >= 4 is 0 Å². The lowest BCUT2D eigenvalue weighted by Crippen LogP contribution is -2.45. The van der Waals surface area contributed by atoms with Crippen LogP contribution in [0.1, 0.15) is 25.3 Å². The summed E-state index contributed by atoms with van der Waals surface area (Å²) in [7, 11) is 1.67. The molecule has 0 saturated carbocycles. The highest BCUT2D eigenvalue weighted by Crippen LogP contribution is 2.25. The summed E-state index contributed by atoms with van der Waals surface area (Å²) >= 11 is 0. The molecule has 2 N–H and O–H groups in total. The van der Waals surface area contributed by atoms with Crippen molar-refractivity contribution < 1.29 is 4.74 Å². The average molecular weight is 249 g/mol. The number of hydrogen-bond donors (Lipinski definition) is 1. The molecule has 0 aromatic carbocycles. The molecule has 2 unspecified atom stereocenters. The summed E-state index contributed by atoms with van der Waals surface area (Å²) in [4.78, 5) is 6.71. The van der Waals surface area contributed by atoms with Crippen LogP contribution in [-0.2, 0) is 6.54 Å². The molecule has 0 aliphatic carbocycles. The zero-order valence-electron chi connectivity index (χ0n) is 11.3. The van der Waals surface area contributed by atoms with E-state index in [1.807, 2.05) is 6.07 Å². The first-order valence-electron chi connectivity index (χ1n) is 6.66. The monoisotopic (exact) mass is 249 g/mol. The highest BCUT2D eigenvalue weighted by molar-refractivity contribution is 5.25. The minimum Gasteiger partial charge on any atom is -0.481 e. The number of aromatic nitrogens is 1. The summed E-state index contributed by atoms with van der Waals surface area (Å²) in [6, 6.07) is 4.53. The van der Waals surface area contributed by atoms with E-state index in [9.17, 15) is 0 Å². The van der Waals surface area contributed by atoms with Crippen LogP contribution in [0, 0.1) is 5.92 Å². The first-order valence-corrected chi connectivity index (χ1v) is 6.66. The Hall–Kier alpha value is -1.13. The van der Waals surface area contributed by atoms with E-state index in [0.717, 1.165) is 37.0 Å².